The summed E-state index contributed by atoms with van der Waals surface area (Å²) in [4.78, 5) is 0. The van der Waals surface area contributed by atoms with Gasteiger partial charge in [-0.1, -0.05) is 27.7 Å². The van der Waals surface area contributed by atoms with Gasteiger partial charge in [0.25, 0.3) is 0 Å². The molecule has 0 aliphatic heterocycles. The molecular weight excluding hydrogens is 132 g/mol. The number of hydrogen-bond acceptors (Lipinski definition) is 0. The minimum atomic E-state index is 0.655. The van der Waals surface area contributed by atoms with Crippen LogP contribution >= 0.6 is 0 Å². The number of hydrogen-bond donors (Lipinski definition) is 0. The van der Waals surface area contributed by atoms with Gasteiger partial charge in [0.1, 0.15) is 0 Å². The maximum Gasteiger partial charge on any atom is -0.0308 e. The Balaban J connectivity index is 2.15. The quantitative estimate of drug-likeness (QED) is 0.540. The van der Waals surface area contributed by atoms with Crippen LogP contribution in [0.4, 0.5) is 0 Å². The summed E-state index contributed by atoms with van der Waals surface area (Å²) in [6.45, 7) is 9.72. The van der Waals surface area contributed by atoms with E-state index in [0.717, 1.165) is 23.7 Å². The third-order valence-electron chi connectivity index (χ3n) is 3.85. The fourth-order valence-electron chi connectivity index (χ4n) is 3.73. The van der Waals surface area contributed by atoms with E-state index in [9.17, 15) is 0 Å². The molecule has 0 aromatic heterocycles. The minimum absolute atomic E-state index is 0.655. The Morgan fingerprint density at radius 2 is 1.91 bits per heavy atom. The maximum atomic E-state index is 2.46. The molecule has 2 rings (SSSR count). The fraction of sp³-hybridized carbons (Fsp3) is 1.00. The molecule has 0 amide bonds. The summed E-state index contributed by atoms with van der Waals surface area (Å²) in [6, 6.07) is 0. The van der Waals surface area contributed by atoms with Gasteiger partial charge in [-0.15, -0.1) is 0 Å². The van der Waals surface area contributed by atoms with E-state index >= 15 is 0 Å². The van der Waals surface area contributed by atoms with Gasteiger partial charge < -0.3 is 0 Å². The highest BCUT2D eigenvalue weighted by atomic mass is 14.6. The largest absolute Gasteiger partial charge is 0.0625 e. The van der Waals surface area contributed by atoms with Crippen molar-refractivity contribution in [1.82, 2.24) is 0 Å². The second-order valence-electron chi connectivity index (χ2n) is 5.62. The molecule has 0 radical (unpaired) electrons. The first kappa shape index (κ1) is 7.64. The van der Waals surface area contributed by atoms with Crippen molar-refractivity contribution in [3.05, 3.63) is 0 Å². The lowest BCUT2D eigenvalue weighted by molar-refractivity contribution is 0.163. The van der Waals surface area contributed by atoms with E-state index in [-0.39, 0.29) is 0 Å². The van der Waals surface area contributed by atoms with Crippen molar-refractivity contribution in [2.45, 2.75) is 40.5 Å². The van der Waals surface area contributed by atoms with E-state index in [4.69, 9.17) is 0 Å². The zero-order valence-electron chi connectivity index (χ0n) is 8.22. The van der Waals surface area contributed by atoms with Crippen molar-refractivity contribution in [3.63, 3.8) is 0 Å². The molecule has 0 bridgehead atoms. The van der Waals surface area contributed by atoms with Gasteiger partial charge in [-0.2, -0.15) is 0 Å². The number of fused-ring (bicyclic) bond motifs is 1. The van der Waals surface area contributed by atoms with Gasteiger partial charge in [-0.3, -0.25) is 0 Å². The van der Waals surface area contributed by atoms with Crippen LogP contribution in [0.3, 0.4) is 0 Å². The predicted molar refractivity (Wildman–Crippen MR) is 48.3 cm³/mol. The smallest absolute Gasteiger partial charge is 0.0308 e. The zero-order chi connectivity index (χ0) is 8.22. The molecule has 0 heterocycles. The zero-order valence-corrected chi connectivity index (χ0v) is 8.22. The molecule has 0 spiro atoms. The average molecular weight is 152 g/mol. The second-order valence-corrected chi connectivity index (χ2v) is 5.62. The summed E-state index contributed by atoms with van der Waals surface area (Å²) >= 11 is 0. The van der Waals surface area contributed by atoms with E-state index in [1.54, 1.807) is 6.42 Å². The van der Waals surface area contributed by atoms with Crippen molar-refractivity contribution in [2.24, 2.45) is 29.1 Å². The molecule has 0 aromatic carbocycles. The van der Waals surface area contributed by atoms with E-state index in [0.29, 0.717) is 5.41 Å². The van der Waals surface area contributed by atoms with Gasteiger partial charge >= 0.3 is 0 Å². The van der Waals surface area contributed by atoms with Crippen molar-refractivity contribution >= 4 is 0 Å². The highest BCUT2D eigenvalue weighted by Gasteiger charge is 2.57. The van der Waals surface area contributed by atoms with Crippen LogP contribution < -0.4 is 0 Å². The van der Waals surface area contributed by atoms with Gasteiger partial charge in [0.15, 0.2) is 0 Å². The topological polar surface area (TPSA) is 0 Å². The van der Waals surface area contributed by atoms with Crippen molar-refractivity contribution in [1.29, 1.82) is 0 Å². The Kier molecular flexibility index (Phi) is 1.41. The van der Waals surface area contributed by atoms with Gasteiger partial charge in [0, 0.05) is 0 Å². The van der Waals surface area contributed by atoms with E-state index in [1.807, 2.05) is 0 Å². The van der Waals surface area contributed by atoms with Crippen LogP contribution in [0.25, 0.3) is 0 Å². The predicted octanol–water partition coefficient (Wildman–Crippen LogP) is 3.32. The van der Waals surface area contributed by atoms with Gasteiger partial charge in [-0.05, 0) is 41.9 Å². The molecule has 64 valence electrons. The molecule has 2 aliphatic rings. The summed E-state index contributed by atoms with van der Waals surface area (Å²) in [5.41, 5.74) is 0.655. The Bertz CT molecular complexity index is 167. The molecule has 0 N–H and O–H groups in total. The van der Waals surface area contributed by atoms with Crippen LogP contribution in [0.2, 0.25) is 0 Å². The summed E-state index contributed by atoms with van der Waals surface area (Å²) in [5, 5.41) is 0. The molecule has 3 atom stereocenters. The molecule has 11 heavy (non-hydrogen) atoms. The molecule has 0 saturated heterocycles. The highest BCUT2D eigenvalue weighted by molar-refractivity contribution is 5.06. The molecule has 0 nitrogen and oxygen atoms in total. The van der Waals surface area contributed by atoms with Crippen LogP contribution in [0.1, 0.15) is 40.5 Å². The van der Waals surface area contributed by atoms with Crippen LogP contribution in [0, 0.1) is 29.1 Å². The SMILES string of the molecule is CC(C)[C@@H]1C2C[C@@H]2CC1(C)C. The fourth-order valence-corrected chi connectivity index (χ4v) is 3.73. The molecule has 2 aliphatic carbocycles. The van der Waals surface area contributed by atoms with E-state index < -0.39 is 0 Å². The summed E-state index contributed by atoms with van der Waals surface area (Å²) in [6.07, 6.45) is 3.05. The first-order valence-electron chi connectivity index (χ1n) is 5.02. The Morgan fingerprint density at radius 1 is 1.27 bits per heavy atom. The third-order valence-corrected chi connectivity index (χ3v) is 3.85. The van der Waals surface area contributed by atoms with E-state index in [1.165, 1.54) is 6.42 Å². The van der Waals surface area contributed by atoms with Crippen LogP contribution in [0.5, 0.6) is 0 Å². The second kappa shape index (κ2) is 2.02. The first-order valence-corrected chi connectivity index (χ1v) is 5.02. The minimum Gasteiger partial charge on any atom is -0.0625 e. The lowest BCUT2D eigenvalue weighted by Crippen LogP contribution is -2.25. The van der Waals surface area contributed by atoms with Crippen molar-refractivity contribution in [2.75, 3.05) is 0 Å². The van der Waals surface area contributed by atoms with Gasteiger partial charge in [-0.25, -0.2) is 0 Å². The Labute approximate surface area is 70.4 Å². The Hall–Kier alpha value is 0. The summed E-state index contributed by atoms with van der Waals surface area (Å²) in [7, 11) is 0. The lowest BCUT2D eigenvalue weighted by atomic mass is 9.72. The average Bonchev–Trinajstić information content (AvgIpc) is 2.39. The van der Waals surface area contributed by atoms with Gasteiger partial charge in [0.2, 0.25) is 0 Å². The third kappa shape index (κ3) is 1.02. The maximum absolute atomic E-state index is 2.46. The first-order chi connectivity index (χ1) is 5.02. The molecular formula is C11H20. The van der Waals surface area contributed by atoms with Crippen LogP contribution in [-0.2, 0) is 0 Å². The Morgan fingerprint density at radius 3 is 2.18 bits per heavy atom. The highest BCUT2D eigenvalue weighted by Crippen LogP contribution is 2.65. The van der Waals surface area contributed by atoms with Crippen LogP contribution in [0.15, 0.2) is 0 Å². The lowest BCUT2D eigenvalue weighted by Gasteiger charge is -2.33. The summed E-state index contributed by atoms with van der Waals surface area (Å²) in [5.74, 6) is 4.16. The van der Waals surface area contributed by atoms with Gasteiger partial charge in [0.05, 0.1) is 0 Å². The standard InChI is InChI=1S/C11H20/c1-7(2)10-9-5-8(9)6-11(10,3)4/h7-10H,5-6H2,1-4H3/t8-,9?,10-/m1/s1. The van der Waals surface area contributed by atoms with Crippen LogP contribution in [-0.4, -0.2) is 0 Å². The molecule has 2 saturated carbocycles. The number of rotatable bonds is 1. The summed E-state index contributed by atoms with van der Waals surface area (Å²) < 4.78 is 0. The normalized spacial score (nSPS) is 46.1. The molecule has 2 fully saturated rings. The van der Waals surface area contributed by atoms with Crippen molar-refractivity contribution < 1.29 is 0 Å². The molecule has 0 heteroatoms. The molecule has 1 unspecified atom stereocenters. The van der Waals surface area contributed by atoms with Crippen molar-refractivity contribution in [3.8, 4) is 0 Å². The monoisotopic (exact) mass is 152 g/mol. The molecule has 0 aromatic rings. The van der Waals surface area contributed by atoms with E-state index in [2.05, 4.69) is 27.7 Å².